The molecule has 3 aliphatic heterocycles. The first-order chi connectivity index (χ1) is 23.6. The van der Waals surface area contributed by atoms with Gasteiger partial charge in [-0.1, -0.05) is 60.7 Å². The summed E-state index contributed by atoms with van der Waals surface area (Å²) in [7, 11) is 0. The number of H-pyrrole nitrogens is 1. The van der Waals surface area contributed by atoms with E-state index in [9.17, 15) is 9.59 Å². The van der Waals surface area contributed by atoms with Crippen molar-refractivity contribution in [2.45, 2.75) is 56.8 Å². The number of carbonyl (C=O) groups is 2. The predicted octanol–water partition coefficient (Wildman–Crippen LogP) is 5.61. The minimum absolute atomic E-state index is 0.0522. The van der Waals surface area contributed by atoms with Crippen LogP contribution >= 0.6 is 22.7 Å². The first kappa shape index (κ1) is 30.5. The number of imidazole rings is 1. The van der Waals surface area contributed by atoms with Crippen molar-refractivity contribution in [1.82, 2.24) is 40.4 Å². The molecule has 2 aromatic carbocycles. The Kier molecular flexibility index (Phi) is 8.50. The maximum Gasteiger partial charge on any atom is 0.227 e. The molecule has 48 heavy (non-hydrogen) atoms. The summed E-state index contributed by atoms with van der Waals surface area (Å²) in [6.07, 6.45) is 12.2. The zero-order valence-electron chi connectivity index (χ0n) is 26.3. The van der Waals surface area contributed by atoms with Gasteiger partial charge in [-0.2, -0.15) is 0 Å². The third kappa shape index (κ3) is 6.25. The van der Waals surface area contributed by atoms with Crippen LogP contribution in [0.5, 0.6) is 0 Å². The van der Waals surface area contributed by atoms with E-state index in [1.807, 2.05) is 95.3 Å². The molecule has 0 bridgehead atoms. The van der Waals surface area contributed by atoms with E-state index in [1.54, 1.807) is 22.7 Å². The quantitative estimate of drug-likeness (QED) is 0.186. The standard InChI is InChI=1S/C36H36N8O2S2/c45-31(17-23-9-3-1-4-10-23)43-15-7-13-27(43)33-37-19-25(41-33)35-39-21-29(47-35)30-22-40-36(48-30)26-20-38-34(42-26)28-14-8-16-44(28)32(46)18-24-11-5-2-6-12-24/h1-6,9-12,19-22,27-28,33,37,41H,7-8,13-18H2,(H,38,42)/t27-,28-,33?/m0/s1. The van der Waals surface area contributed by atoms with Gasteiger partial charge in [-0.3, -0.25) is 9.59 Å². The molecule has 2 amide bonds. The number of benzene rings is 2. The van der Waals surface area contributed by atoms with Gasteiger partial charge in [0, 0.05) is 31.7 Å². The molecule has 5 aromatic rings. The summed E-state index contributed by atoms with van der Waals surface area (Å²) in [6, 6.07) is 19.9. The van der Waals surface area contributed by atoms with Crippen molar-refractivity contribution in [2.24, 2.45) is 0 Å². The molecular weight excluding hydrogens is 641 g/mol. The number of nitrogens with zero attached hydrogens (tertiary/aromatic N) is 5. The summed E-state index contributed by atoms with van der Waals surface area (Å²) in [4.78, 5) is 50.0. The topological polar surface area (TPSA) is 119 Å². The maximum atomic E-state index is 13.2. The third-order valence-corrected chi connectivity index (χ3v) is 11.6. The highest BCUT2D eigenvalue weighted by Gasteiger charge is 2.37. The average molecular weight is 677 g/mol. The predicted molar refractivity (Wildman–Crippen MR) is 188 cm³/mol. The maximum absolute atomic E-state index is 13.2. The summed E-state index contributed by atoms with van der Waals surface area (Å²) >= 11 is 3.21. The van der Waals surface area contributed by atoms with Crippen LogP contribution in [0.15, 0.2) is 85.5 Å². The lowest BCUT2D eigenvalue weighted by Gasteiger charge is -2.30. The summed E-state index contributed by atoms with van der Waals surface area (Å²) in [5.74, 6) is 1.11. The van der Waals surface area contributed by atoms with Crippen LogP contribution in [-0.2, 0) is 22.4 Å². The van der Waals surface area contributed by atoms with Crippen LogP contribution in [0.4, 0.5) is 0 Å². The Morgan fingerprint density at radius 1 is 0.750 bits per heavy atom. The van der Waals surface area contributed by atoms with Crippen LogP contribution in [0.1, 0.15) is 53.7 Å². The number of likely N-dealkylation sites (tertiary alicyclic amines) is 2. The van der Waals surface area contributed by atoms with Gasteiger partial charge in [-0.25, -0.2) is 15.0 Å². The van der Waals surface area contributed by atoms with Crippen molar-refractivity contribution in [1.29, 1.82) is 0 Å². The number of amides is 2. The molecule has 3 aliphatic rings. The van der Waals surface area contributed by atoms with E-state index in [1.165, 1.54) is 0 Å². The highest BCUT2D eigenvalue weighted by molar-refractivity contribution is 7.23. The number of carbonyl (C=O) groups excluding carboxylic acids is 2. The smallest absolute Gasteiger partial charge is 0.227 e. The summed E-state index contributed by atoms with van der Waals surface area (Å²) in [5, 5.41) is 8.81. The van der Waals surface area contributed by atoms with Crippen LogP contribution in [0.2, 0.25) is 0 Å². The number of thiazole rings is 2. The zero-order chi connectivity index (χ0) is 32.5. The second-order valence-electron chi connectivity index (χ2n) is 12.5. The molecule has 12 heteroatoms. The lowest BCUT2D eigenvalue weighted by Crippen LogP contribution is -2.51. The minimum Gasteiger partial charge on any atom is -0.368 e. The van der Waals surface area contributed by atoms with E-state index in [0.717, 1.165) is 86.9 Å². The average Bonchev–Trinajstić information content (AvgIpc) is 3.94. The van der Waals surface area contributed by atoms with Crippen molar-refractivity contribution < 1.29 is 9.59 Å². The molecule has 3 atom stereocenters. The monoisotopic (exact) mass is 676 g/mol. The fourth-order valence-corrected chi connectivity index (χ4v) is 8.77. The van der Waals surface area contributed by atoms with Crippen molar-refractivity contribution in [2.75, 3.05) is 13.1 Å². The largest absolute Gasteiger partial charge is 0.368 e. The molecule has 3 N–H and O–H groups in total. The molecule has 0 spiro atoms. The van der Waals surface area contributed by atoms with Gasteiger partial charge >= 0.3 is 0 Å². The zero-order valence-corrected chi connectivity index (χ0v) is 28.0. The Hall–Kier alpha value is -4.81. The Balaban J connectivity index is 0.900. The van der Waals surface area contributed by atoms with Gasteiger partial charge in [-0.05, 0) is 36.8 Å². The van der Waals surface area contributed by atoms with E-state index < -0.39 is 0 Å². The molecule has 244 valence electrons. The van der Waals surface area contributed by atoms with Gasteiger partial charge in [0.15, 0.2) is 0 Å². The molecule has 0 saturated carbocycles. The van der Waals surface area contributed by atoms with Crippen LogP contribution in [0.25, 0.3) is 26.2 Å². The molecule has 0 radical (unpaired) electrons. The van der Waals surface area contributed by atoms with E-state index in [4.69, 9.17) is 9.97 Å². The Labute approximate surface area is 287 Å². The molecule has 1 unspecified atom stereocenters. The SMILES string of the molecule is O=C(Cc1ccccc1)N1CCC[C@H]1c1ncc(-c2ncc(-c3cnc(C4=CNC([C@@H]5CCCN5C(=O)Cc5ccccc5)N4)s3)s2)[nH]1. The van der Waals surface area contributed by atoms with Gasteiger partial charge in [0.05, 0.1) is 52.3 Å². The summed E-state index contributed by atoms with van der Waals surface area (Å²) in [6.45, 7) is 1.53. The number of aromatic nitrogens is 4. The van der Waals surface area contributed by atoms with Crippen LogP contribution in [-0.4, -0.2) is 66.8 Å². The summed E-state index contributed by atoms with van der Waals surface area (Å²) < 4.78 is 0. The Morgan fingerprint density at radius 3 is 2.10 bits per heavy atom. The third-order valence-electron chi connectivity index (χ3n) is 9.32. The van der Waals surface area contributed by atoms with E-state index in [2.05, 4.69) is 20.6 Å². The molecule has 0 aliphatic carbocycles. The van der Waals surface area contributed by atoms with Crippen LogP contribution in [0.3, 0.4) is 0 Å². The molecule has 10 nitrogen and oxygen atoms in total. The molecule has 2 saturated heterocycles. The molecule has 8 rings (SSSR count). The first-order valence-corrected chi connectivity index (χ1v) is 18.1. The van der Waals surface area contributed by atoms with Crippen LogP contribution < -0.4 is 10.6 Å². The number of hydrogen-bond donors (Lipinski definition) is 3. The van der Waals surface area contributed by atoms with Gasteiger partial charge in [0.1, 0.15) is 22.0 Å². The second kappa shape index (κ2) is 13.4. The Bertz CT molecular complexity index is 1930. The number of nitrogens with one attached hydrogen (secondary N) is 3. The Morgan fingerprint density at radius 2 is 1.38 bits per heavy atom. The number of hydrogen-bond acceptors (Lipinski definition) is 9. The van der Waals surface area contributed by atoms with Crippen molar-refractivity contribution >= 4 is 40.2 Å². The van der Waals surface area contributed by atoms with Crippen molar-refractivity contribution in [3.63, 3.8) is 0 Å². The van der Waals surface area contributed by atoms with Gasteiger partial charge in [0.25, 0.3) is 0 Å². The lowest BCUT2D eigenvalue weighted by molar-refractivity contribution is -0.132. The normalized spacial score (nSPS) is 20.5. The lowest BCUT2D eigenvalue weighted by atomic mass is 10.1. The van der Waals surface area contributed by atoms with Gasteiger partial charge in [-0.15, -0.1) is 22.7 Å². The van der Waals surface area contributed by atoms with E-state index in [-0.39, 0.29) is 30.1 Å². The highest BCUT2D eigenvalue weighted by atomic mass is 32.1. The van der Waals surface area contributed by atoms with Crippen molar-refractivity contribution in [3.05, 3.63) is 107 Å². The number of rotatable bonds is 9. The van der Waals surface area contributed by atoms with E-state index in [0.29, 0.717) is 12.8 Å². The van der Waals surface area contributed by atoms with E-state index >= 15 is 0 Å². The van der Waals surface area contributed by atoms with Gasteiger partial charge < -0.3 is 25.4 Å². The van der Waals surface area contributed by atoms with Crippen LogP contribution in [0, 0.1) is 0 Å². The first-order valence-electron chi connectivity index (χ1n) is 16.5. The summed E-state index contributed by atoms with van der Waals surface area (Å²) in [5.41, 5.74) is 3.85. The molecule has 6 heterocycles. The van der Waals surface area contributed by atoms with Crippen molar-refractivity contribution in [3.8, 4) is 20.5 Å². The molecule has 2 fully saturated rings. The fourth-order valence-electron chi connectivity index (χ4n) is 6.94. The second-order valence-corrected chi connectivity index (χ2v) is 14.5. The van der Waals surface area contributed by atoms with Gasteiger partial charge in [0.2, 0.25) is 11.8 Å². The minimum atomic E-state index is -0.0543. The number of aromatic amines is 1. The molecular formula is C36H36N8O2S2. The highest BCUT2D eigenvalue weighted by Crippen LogP contribution is 2.38. The molecule has 3 aromatic heterocycles. The fraction of sp³-hybridized carbons (Fsp3) is 0.306.